The molecular formula is C13H19ClN2. The van der Waals surface area contributed by atoms with Gasteiger partial charge < -0.3 is 0 Å². The SMILES string of the molecule is CC(C)C(c1ncnc2c1CCC2)C(C)Cl. The zero-order valence-electron chi connectivity index (χ0n) is 10.2. The van der Waals surface area contributed by atoms with Crippen LogP contribution >= 0.6 is 11.6 Å². The largest absolute Gasteiger partial charge is 0.241 e. The lowest BCUT2D eigenvalue weighted by molar-refractivity contribution is 0.476. The first-order chi connectivity index (χ1) is 7.61. The van der Waals surface area contributed by atoms with Gasteiger partial charge in [0.15, 0.2) is 0 Å². The predicted octanol–water partition coefficient (Wildman–Crippen LogP) is 3.33. The van der Waals surface area contributed by atoms with Gasteiger partial charge in [0.2, 0.25) is 0 Å². The summed E-state index contributed by atoms with van der Waals surface area (Å²) in [6.07, 6.45) is 5.14. The molecule has 0 fully saturated rings. The minimum absolute atomic E-state index is 0.125. The van der Waals surface area contributed by atoms with Gasteiger partial charge in [-0.05, 0) is 37.7 Å². The molecule has 0 saturated carbocycles. The minimum Gasteiger partial charge on any atom is -0.241 e. The molecule has 0 amide bonds. The quantitative estimate of drug-likeness (QED) is 0.755. The summed E-state index contributed by atoms with van der Waals surface area (Å²) in [5, 5.41) is 0.125. The van der Waals surface area contributed by atoms with Gasteiger partial charge in [0.05, 0.1) is 5.69 Å². The van der Waals surface area contributed by atoms with Crippen molar-refractivity contribution in [3.8, 4) is 0 Å². The molecule has 0 saturated heterocycles. The molecule has 1 aliphatic rings. The molecule has 2 atom stereocenters. The van der Waals surface area contributed by atoms with Gasteiger partial charge in [-0.15, -0.1) is 11.6 Å². The fourth-order valence-corrected chi connectivity index (χ4v) is 3.15. The normalized spacial score (nSPS) is 18.6. The van der Waals surface area contributed by atoms with E-state index in [0.717, 1.165) is 12.8 Å². The van der Waals surface area contributed by atoms with Crippen LogP contribution in [0.2, 0.25) is 0 Å². The Balaban J connectivity index is 2.42. The fourth-order valence-electron chi connectivity index (χ4n) is 2.74. The number of aromatic nitrogens is 2. The first-order valence-electron chi connectivity index (χ1n) is 6.08. The third-order valence-corrected chi connectivity index (χ3v) is 3.71. The van der Waals surface area contributed by atoms with Gasteiger partial charge in [0.1, 0.15) is 6.33 Å². The van der Waals surface area contributed by atoms with Crippen LogP contribution < -0.4 is 0 Å². The Kier molecular flexibility index (Phi) is 3.48. The maximum absolute atomic E-state index is 6.31. The molecule has 88 valence electrons. The number of fused-ring (bicyclic) bond motifs is 1. The Morgan fingerprint density at radius 1 is 1.19 bits per heavy atom. The van der Waals surface area contributed by atoms with Gasteiger partial charge in [0.25, 0.3) is 0 Å². The van der Waals surface area contributed by atoms with E-state index in [-0.39, 0.29) is 5.38 Å². The van der Waals surface area contributed by atoms with E-state index in [4.69, 9.17) is 11.6 Å². The maximum atomic E-state index is 6.31. The summed E-state index contributed by atoms with van der Waals surface area (Å²) >= 11 is 6.31. The molecule has 16 heavy (non-hydrogen) atoms. The summed E-state index contributed by atoms with van der Waals surface area (Å²) in [5.74, 6) is 0.864. The molecule has 1 aliphatic carbocycles. The average Bonchev–Trinajstić information content (AvgIpc) is 2.65. The van der Waals surface area contributed by atoms with E-state index in [0.29, 0.717) is 11.8 Å². The maximum Gasteiger partial charge on any atom is 0.115 e. The molecule has 0 bridgehead atoms. The molecule has 2 unspecified atom stereocenters. The second-order valence-corrected chi connectivity index (χ2v) is 5.67. The van der Waals surface area contributed by atoms with Gasteiger partial charge in [0, 0.05) is 17.0 Å². The molecule has 1 aromatic heterocycles. The molecule has 0 spiro atoms. The predicted molar refractivity (Wildman–Crippen MR) is 67.0 cm³/mol. The summed E-state index contributed by atoms with van der Waals surface area (Å²) in [4.78, 5) is 8.86. The average molecular weight is 239 g/mol. The van der Waals surface area contributed by atoms with Crippen LogP contribution in [-0.4, -0.2) is 15.3 Å². The molecule has 0 aliphatic heterocycles. The lowest BCUT2D eigenvalue weighted by Crippen LogP contribution is -2.19. The van der Waals surface area contributed by atoms with Crippen molar-refractivity contribution < 1.29 is 0 Å². The molecule has 2 rings (SSSR count). The molecule has 1 aromatic rings. The van der Waals surface area contributed by atoms with E-state index in [1.54, 1.807) is 6.33 Å². The van der Waals surface area contributed by atoms with Crippen molar-refractivity contribution in [1.82, 2.24) is 9.97 Å². The van der Waals surface area contributed by atoms with Gasteiger partial charge in [-0.1, -0.05) is 13.8 Å². The van der Waals surface area contributed by atoms with Gasteiger partial charge in [-0.3, -0.25) is 0 Å². The summed E-state index contributed by atoms with van der Waals surface area (Å²) in [5.41, 5.74) is 3.81. The van der Waals surface area contributed by atoms with Gasteiger partial charge in [-0.2, -0.15) is 0 Å². The highest BCUT2D eigenvalue weighted by molar-refractivity contribution is 6.20. The van der Waals surface area contributed by atoms with E-state index >= 15 is 0 Å². The Hall–Kier alpha value is -0.630. The number of hydrogen-bond donors (Lipinski definition) is 0. The van der Waals surface area contributed by atoms with Crippen LogP contribution in [0.1, 0.15) is 50.1 Å². The summed E-state index contributed by atoms with van der Waals surface area (Å²) in [6.45, 7) is 6.50. The lowest BCUT2D eigenvalue weighted by atomic mass is 9.87. The zero-order valence-corrected chi connectivity index (χ0v) is 11.0. The molecule has 2 nitrogen and oxygen atoms in total. The third kappa shape index (κ3) is 2.08. The van der Waals surface area contributed by atoms with Crippen molar-refractivity contribution in [3.63, 3.8) is 0 Å². The minimum atomic E-state index is 0.125. The molecule has 1 heterocycles. The second-order valence-electron chi connectivity index (χ2n) is 4.99. The van der Waals surface area contributed by atoms with Crippen molar-refractivity contribution >= 4 is 11.6 Å². The number of aryl methyl sites for hydroxylation is 1. The third-order valence-electron chi connectivity index (χ3n) is 3.44. The molecule has 3 heteroatoms. The van der Waals surface area contributed by atoms with E-state index in [2.05, 4.69) is 30.7 Å². The standard InChI is InChI=1S/C13H19ClN2/c1-8(2)12(9(3)14)13-10-5-4-6-11(10)15-7-16-13/h7-9,12H,4-6H2,1-3H3. The number of rotatable bonds is 3. The number of alkyl halides is 1. The van der Waals surface area contributed by atoms with Gasteiger partial charge in [-0.25, -0.2) is 9.97 Å². The monoisotopic (exact) mass is 238 g/mol. The van der Waals surface area contributed by atoms with Crippen molar-refractivity contribution in [2.45, 2.75) is 51.3 Å². The summed E-state index contributed by atoms with van der Waals surface area (Å²) in [6, 6.07) is 0. The first kappa shape index (κ1) is 11.8. The van der Waals surface area contributed by atoms with Crippen molar-refractivity contribution in [2.24, 2.45) is 5.92 Å². The number of hydrogen-bond acceptors (Lipinski definition) is 2. The second kappa shape index (κ2) is 4.70. The molecule has 0 N–H and O–H groups in total. The van der Waals surface area contributed by atoms with Crippen LogP contribution in [0.25, 0.3) is 0 Å². The Labute approximate surface area is 102 Å². The first-order valence-corrected chi connectivity index (χ1v) is 6.51. The molecular weight excluding hydrogens is 220 g/mol. The lowest BCUT2D eigenvalue weighted by Gasteiger charge is -2.24. The fraction of sp³-hybridized carbons (Fsp3) is 0.692. The van der Waals surface area contributed by atoms with E-state index in [1.165, 1.54) is 23.4 Å². The van der Waals surface area contributed by atoms with Crippen LogP contribution in [0.5, 0.6) is 0 Å². The summed E-state index contributed by atoms with van der Waals surface area (Å²) in [7, 11) is 0. The number of nitrogens with zero attached hydrogens (tertiary/aromatic N) is 2. The highest BCUT2D eigenvalue weighted by Gasteiger charge is 2.28. The highest BCUT2D eigenvalue weighted by Crippen LogP contribution is 2.35. The Morgan fingerprint density at radius 3 is 2.56 bits per heavy atom. The Morgan fingerprint density at radius 2 is 1.94 bits per heavy atom. The highest BCUT2D eigenvalue weighted by atomic mass is 35.5. The van der Waals surface area contributed by atoms with Gasteiger partial charge >= 0.3 is 0 Å². The van der Waals surface area contributed by atoms with Crippen LogP contribution in [0.15, 0.2) is 6.33 Å². The van der Waals surface area contributed by atoms with Crippen LogP contribution in [-0.2, 0) is 12.8 Å². The van der Waals surface area contributed by atoms with E-state index in [9.17, 15) is 0 Å². The molecule has 0 aromatic carbocycles. The summed E-state index contributed by atoms with van der Waals surface area (Å²) < 4.78 is 0. The Bertz CT molecular complexity index is 366. The van der Waals surface area contributed by atoms with Crippen molar-refractivity contribution in [1.29, 1.82) is 0 Å². The topological polar surface area (TPSA) is 25.8 Å². The van der Waals surface area contributed by atoms with Crippen LogP contribution in [0.3, 0.4) is 0 Å². The molecule has 0 radical (unpaired) electrons. The smallest absolute Gasteiger partial charge is 0.115 e. The number of halogens is 1. The van der Waals surface area contributed by atoms with E-state index < -0.39 is 0 Å². The van der Waals surface area contributed by atoms with Crippen LogP contribution in [0.4, 0.5) is 0 Å². The van der Waals surface area contributed by atoms with Crippen molar-refractivity contribution in [2.75, 3.05) is 0 Å². The van der Waals surface area contributed by atoms with Crippen molar-refractivity contribution in [3.05, 3.63) is 23.3 Å². The van der Waals surface area contributed by atoms with E-state index in [1.807, 2.05) is 0 Å². The van der Waals surface area contributed by atoms with Crippen LogP contribution in [0, 0.1) is 5.92 Å². The zero-order chi connectivity index (χ0) is 11.7.